The lowest BCUT2D eigenvalue weighted by atomic mass is 9.98. The van der Waals surface area contributed by atoms with Gasteiger partial charge in [0, 0.05) is 18.5 Å². The summed E-state index contributed by atoms with van der Waals surface area (Å²) in [5.74, 6) is 0.966. The molecular formula is C14H19N3OS2. The summed E-state index contributed by atoms with van der Waals surface area (Å²) in [7, 11) is 1.99. The zero-order valence-corrected chi connectivity index (χ0v) is 13.5. The van der Waals surface area contributed by atoms with Crippen molar-refractivity contribution in [1.82, 2.24) is 9.97 Å². The first-order chi connectivity index (χ1) is 9.74. The van der Waals surface area contributed by atoms with Crippen LogP contribution in [0.4, 0.5) is 5.82 Å². The van der Waals surface area contributed by atoms with E-state index in [1.807, 2.05) is 29.5 Å². The molecular weight excluding hydrogens is 290 g/mol. The van der Waals surface area contributed by atoms with Gasteiger partial charge in [0.05, 0.1) is 16.8 Å². The van der Waals surface area contributed by atoms with Gasteiger partial charge in [0.25, 0.3) is 0 Å². The number of nitrogens with zero attached hydrogens (tertiary/aromatic N) is 3. The lowest BCUT2D eigenvalue weighted by Gasteiger charge is -2.17. The average molecular weight is 309 g/mol. The highest BCUT2D eigenvalue weighted by Gasteiger charge is 2.21. The van der Waals surface area contributed by atoms with Gasteiger partial charge in [-0.2, -0.15) is 0 Å². The summed E-state index contributed by atoms with van der Waals surface area (Å²) in [6.07, 6.45) is 6.87. The Kier molecular flexibility index (Phi) is 4.14. The van der Waals surface area contributed by atoms with E-state index in [0.29, 0.717) is 6.54 Å². The van der Waals surface area contributed by atoms with Crippen molar-refractivity contribution in [1.29, 1.82) is 0 Å². The second-order valence-corrected chi connectivity index (χ2v) is 6.95. The van der Waals surface area contributed by atoms with Gasteiger partial charge >= 0.3 is 0 Å². The number of thiophene rings is 1. The molecule has 0 amide bonds. The van der Waals surface area contributed by atoms with Gasteiger partial charge < -0.3 is 10.0 Å². The topological polar surface area (TPSA) is 49.2 Å². The van der Waals surface area contributed by atoms with Crippen molar-refractivity contribution in [3.05, 3.63) is 10.4 Å². The van der Waals surface area contributed by atoms with E-state index >= 15 is 0 Å². The zero-order valence-electron chi connectivity index (χ0n) is 11.8. The highest BCUT2D eigenvalue weighted by Crippen LogP contribution is 2.39. The smallest absolute Gasteiger partial charge is 0.189 e. The van der Waals surface area contributed by atoms with Crippen LogP contribution in [0.1, 0.15) is 23.3 Å². The van der Waals surface area contributed by atoms with E-state index in [-0.39, 0.29) is 6.61 Å². The van der Waals surface area contributed by atoms with Crippen LogP contribution in [0.3, 0.4) is 0 Å². The van der Waals surface area contributed by atoms with E-state index in [0.717, 1.165) is 22.9 Å². The third kappa shape index (κ3) is 2.40. The Morgan fingerprint density at radius 1 is 1.30 bits per heavy atom. The normalized spacial score (nSPS) is 14.6. The van der Waals surface area contributed by atoms with Gasteiger partial charge in [-0.25, -0.2) is 9.97 Å². The minimum Gasteiger partial charge on any atom is -0.395 e. The summed E-state index contributed by atoms with van der Waals surface area (Å²) in [4.78, 5) is 12.9. The van der Waals surface area contributed by atoms with E-state index in [4.69, 9.17) is 4.98 Å². The van der Waals surface area contributed by atoms with E-state index in [2.05, 4.69) is 4.98 Å². The minimum absolute atomic E-state index is 0.141. The summed E-state index contributed by atoms with van der Waals surface area (Å²) in [5.41, 5.74) is 2.58. The standard InChI is InChI=1S/C14H19N3OS2/c1-17(7-8-18)13-12-11(15-14(16-13)19-2)9-5-3-4-6-10(9)20-12/h18H,3-8H2,1-2H3. The third-order valence-electron chi connectivity index (χ3n) is 3.74. The Balaban J connectivity index is 2.19. The molecule has 4 nitrogen and oxygen atoms in total. The van der Waals surface area contributed by atoms with Crippen LogP contribution in [0.25, 0.3) is 10.2 Å². The van der Waals surface area contributed by atoms with Crippen LogP contribution in [-0.4, -0.2) is 41.5 Å². The predicted octanol–water partition coefficient (Wildman–Crippen LogP) is 2.72. The molecule has 1 aliphatic rings. The van der Waals surface area contributed by atoms with Gasteiger partial charge in [-0.15, -0.1) is 11.3 Å². The number of anilines is 1. The van der Waals surface area contributed by atoms with Crippen molar-refractivity contribution in [3.63, 3.8) is 0 Å². The number of aromatic nitrogens is 2. The first kappa shape index (κ1) is 14.1. The van der Waals surface area contributed by atoms with Gasteiger partial charge in [0.15, 0.2) is 11.0 Å². The molecule has 0 fully saturated rings. The predicted molar refractivity (Wildman–Crippen MR) is 86.2 cm³/mol. The first-order valence-corrected chi connectivity index (χ1v) is 8.97. The van der Waals surface area contributed by atoms with Crippen molar-refractivity contribution >= 4 is 39.1 Å². The van der Waals surface area contributed by atoms with Crippen molar-refractivity contribution in [3.8, 4) is 0 Å². The molecule has 1 aliphatic carbocycles. The van der Waals surface area contributed by atoms with E-state index in [1.165, 1.54) is 34.4 Å². The van der Waals surface area contributed by atoms with Crippen molar-refractivity contribution in [2.24, 2.45) is 0 Å². The van der Waals surface area contributed by atoms with E-state index in [1.54, 1.807) is 11.8 Å². The maximum Gasteiger partial charge on any atom is 0.189 e. The highest BCUT2D eigenvalue weighted by atomic mass is 32.2. The van der Waals surface area contributed by atoms with Crippen molar-refractivity contribution in [2.75, 3.05) is 31.4 Å². The molecule has 0 saturated carbocycles. The molecule has 2 heterocycles. The molecule has 20 heavy (non-hydrogen) atoms. The van der Waals surface area contributed by atoms with Crippen LogP contribution in [0, 0.1) is 0 Å². The number of thioether (sulfide) groups is 1. The average Bonchev–Trinajstić information content (AvgIpc) is 2.85. The van der Waals surface area contributed by atoms with Crippen molar-refractivity contribution < 1.29 is 5.11 Å². The number of rotatable bonds is 4. The summed E-state index contributed by atoms with van der Waals surface area (Å²) in [5, 5.41) is 9.99. The molecule has 0 spiro atoms. The van der Waals surface area contributed by atoms with E-state index < -0.39 is 0 Å². The van der Waals surface area contributed by atoms with Crippen LogP contribution in [-0.2, 0) is 12.8 Å². The molecule has 6 heteroatoms. The largest absolute Gasteiger partial charge is 0.395 e. The summed E-state index contributed by atoms with van der Waals surface area (Å²) in [6, 6.07) is 0. The molecule has 0 aliphatic heterocycles. The fourth-order valence-corrected chi connectivity index (χ4v) is 4.42. The Morgan fingerprint density at radius 3 is 2.85 bits per heavy atom. The molecule has 0 aromatic carbocycles. The van der Waals surface area contributed by atoms with Gasteiger partial charge in [-0.1, -0.05) is 11.8 Å². The Morgan fingerprint density at radius 2 is 2.10 bits per heavy atom. The van der Waals surface area contributed by atoms with Crippen LogP contribution >= 0.6 is 23.1 Å². The molecule has 0 bridgehead atoms. The minimum atomic E-state index is 0.141. The van der Waals surface area contributed by atoms with Crippen LogP contribution in [0.2, 0.25) is 0 Å². The number of likely N-dealkylation sites (N-methyl/N-ethyl adjacent to an activating group) is 1. The van der Waals surface area contributed by atoms with Crippen molar-refractivity contribution in [2.45, 2.75) is 30.8 Å². The number of aliphatic hydroxyl groups excluding tert-OH is 1. The summed E-state index contributed by atoms with van der Waals surface area (Å²) < 4.78 is 1.19. The molecule has 0 saturated heterocycles. The Bertz CT molecular complexity index is 626. The van der Waals surface area contributed by atoms with Crippen LogP contribution in [0.5, 0.6) is 0 Å². The number of fused-ring (bicyclic) bond motifs is 3. The van der Waals surface area contributed by atoms with Crippen LogP contribution in [0.15, 0.2) is 5.16 Å². The number of hydrogen-bond donors (Lipinski definition) is 1. The summed E-state index contributed by atoms with van der Waals surface area (Å²) >= 11 is 3.42. The SMILES string of the molecule is CSc1nc(N(C)CCO)c2sc3c(c2n1)CCCC3. The maximum atomic E-state index is 9.17. The Hall–Kier alpha value is -0.850. The Labute approximate surface area is 127 Å². The molecule has 0 atom stereocenters. The first-order valence-electron chi connectivity index (χ1n) is 6.93. The number of aryl methyl sites for hydroxylation is 2. The third-order valence-corrected chi connectivity index (χ3v) is 5.56. The lowest BCUT2D eigenvalue weighted by molar-refractivity contribution is 0.304. The number of aliphatic hydroxyl groups is 1. The monoisotopic (exact) mass is 309 g/mol. The molecule has 2 aromatic rings. The summed E-state index contributed by atoms with van der Waals surface area (Å²) in [6.45, 7) is 0.740. The molecule has 2 aromatic heterocycles. The highest BCUT2D eigenvalue weighted by molar-refractivity contribution is 7.98. The maximum absolute atomic E-state index is 9.17. The van der Waals surface area contributed by atoms with Gasteiger partial charge in [-0.05, 0) is 37.5 Å². The second-order valence-electron chi connectivity index (χ2n) is 5.07. The van der Waals surface area contributed by atoms with Crippen LogP contribution < -0.4 is 4.90 Å². The number of hydrogen-bond acceptors (Lipinski definition) is 6. The van der Waals surface area contributed by atoms with Gasteiger partial charge in [-0.3, -0.25) is 0 Å². The van der Waals surface area contributed by atoms with Gasteiger partial charge in [0.1, 0.15) is 0 Å². The molecule has 0 radical (unpaired) electrons. The molecule has 1 N–H and O–H groups in total. The molecule has 108 valence electrons. The molecule has 3 rings (SSSR count). The quantitative estimate of drug-likeness (QED) is 0.695. The fourth-order valence-electron chi connectivity index (χ4n) is 2.69. The fraction of sp³-hybridized carbons (Fsp3) is 0.571. The second kappa shape index (κ2) is 5.87. The van der Waals surface area contributed by atoms with E-state index in [9.17, 15) is 5.11 Å². The van der Waals surface area contributed by atoms with Gasteiger partial charge in [0.2, 0.25) is 0 Å². The molecule has 0 unspecified atom stereocenters. The zero-order chi connectivity index (χ0) is 14.1. The lowest BCUT2D eigenvalue weighted by Crippen LogP contribution is -2.22.